The predicted molar refractivity (Wildman–Crippen MR) is 239 cm³/mol. The largest absolute Gasteiger partial charge is 0.228 e. The van der Waals surface area contributed by atoms with E-state index in [1.54, 1.807) is 0 Å². The normalized spacial score (nSPS) is 12.9. The fraction of sp³-hybridized carbons (Fsp3) is 0.0545. The molecule has 1 heterocycles. The highest BCUT2D eigenvalue weighted by molar-refractivity contribution is 6.05. The molecule has 1 aliphatic rings. The van der Waals surface area contributed by atoms with E-state index in [0.717, 1.165) is 33.5 Å². The molecule has 11 rings (SSSR count). The monoisotopic (exact) mass is 726 g/mol. The summed E-state index contributed by atoms with van der Waals surface area (Å²) in [5.74, 6) is 0.713. The molecule has 1 aliphatic carbocycles. The first-order chi connectivity index (χ1) is 28.0. The average Bonchev–Trinajstić information content (AvgIpc) is 3.49. The molecule has 2 nitrogen and oxygen atoms in total. The number of rotatable bonds is 5. The van der Waals surface area contributed by atoms with Crippen molar-refractivity contribution in [1.29, 1.82) is 0 Å². The third-order valence-electron chi connectivity index (χ3n) is 12.1. The fourth-order valence-corrected chi connectivity index (χ4v) is 9.10. The standard InChI is InChI=1S/C55H38N2/c1-55(2)50-33-41(27-28-47(50)49-31-39-16-6-7-17-40(39)32-51(49)55)44-29-30-48(46-21-11-10-20-45(44)46)54-56-52(37-14-4-3-5-15-37)34-53(57-54)38-25-23-36(24-26-38)43-22-12-18-35-13-8-9-19-42(35)43/h3-34H,1-2H3. The van der Waals surface area contributed by atoms with Gasteiger partial charge in [-0.15, -0.1) is 0 Å². The van der Waals surface area contributed by atoms with E-state index < -0.39 is 0 Å². The molecule has 0 saturated heterocycles. The Hall–Kier alpha value is -7.16. The lowest BCUT2D eigenvalue weighted by Crippen LogP contribution is -2.15. The number of nitrogens with zero attached hydrogens (tertiary/aromatic N) is 2. The van der Waals surface area contributed by atoms with Crippen molar-refractivity contribution in [3.8, 4) is 67.3 Å². The van der Waals surface area contributed by atoms with Crippen LogP contribution in [0.25, 0.3) is 99.6 Å². The molecular formula is C55H38N2. The van der Waals surface area contributed by atoms with Crippen LogP contribution in [0.2, 0.25) is 0 Å². The van der Waals surface area contributed by atoms with E-state index in [0.29, 0.717) is 5.82 Å². The Morgan fingerprint density at radius 1 is 0.316 bits per heavy atom. The summed E-state index contributed by atoms with van der Waals surface area (Å²) in [6.07, 6.45) is 0. The van der Waals surface area contributed by atoms with Crippen LogP contribution in [0.15, 0.2) is 194 Å². The number of fused-ring (bicyclic) bond motifs is 6. The molecule has 0 N–H and O–H groups in total. The second-order valence-corrected chi connectivity index (χ2v) is 15.8. The highest BCUT2D eigenvalue weighted by atomic mass is 14.9. The summed E-state index contributed by atoms with van der Waals surface area (Å²) in [4.78, 5) is 10.6. The maximum atomic E-state index is 5.31. The van der Waals surface area contributed by atoms with Crippen molar-refractivity contribution in [3.63, 3.8) is 0 Å². The van der Waals surface area contributed by atoms with Crippen LogP contribution in [0.4, 0.5) is 0 Å². The first-order valence-electron chi connectivity index (χ1n) is 19.7. The van der Waals surface area contributed by atoms with Crippen LogP contribution in [-0.2, 0) is 5.41 Å². The van der Waals surface area contributed by atoms with Gasteiger partial charge in [-0.3, -0.25) is 0 Å². The van der Waals surface area contributed by atoms with Crippen molar-refractivity contribution in [1.82, 2.24) is 9.97 Å². The zero-order valence-electron chi connectivity index (χ0n) is 31.9. The Morgan fingerprint density at radius 2 is 0.825 bits per heavy atom. The maximum absolute atomic E-state index is 5.31. The van der Waals surface area contributed by atoms with Crippen molar-refractivity contribution in [3.05, 3.63) is 205 Å². The average molecular weight is 727 g/mol. The van der Waals surface area contributed by atoms with Gasteiger partial charge in [-0.25, -0.2) is 9.97 Å². The van der Waals surface area contributed by atoms with E-state index in [-0.39, 0.29) is 5.41 Å². The molecule has 0 fully saturated rings. The minimum atomic E-state index is -0.115. The van der Waals surface area contributed by atoms with E-state index in [1.807, 2.05) is 6.07 Å². The number of hydrogen-bond donors (Lipinski definition) is 0. The Balaban J connectivity index is 1.02. The molecule has 0 atom stereocenters. The summed E-state index contributed by atoms with van der Waals surface area (Å²) in [6.45, 7) is 4.73. The van der Waals surface area contributed by atoms with Crippen LogP contribution in [0.1, 0.15) is 25.0 Å². The Morgan fingerprint density at radius 3 is 1.58 bits per heavy atom. The summed E-state index contributed by atoms with van der Waals surface area (Å²) in [5, 5.41) is 7.38. The smallest absolute Gasteiger partial charge is 0.161 e. The minimum Gasteiger partial charge on any atom is -0.228 e. The molecule has 0 unspecified atom stereocenters. The van der Waals surface area contributed by atoms with Crippen LogP contribution in [0.5, 0.6) is 0 Å². The summed E-state index contributed by atoms with van der Waals surface area (Å²) in [5.41, 5.74) is 15.1. The summed E-state index contributed by atoms with van der Waals surface area (Å²) in [6, 6.07) is 70.1. The van der Waals surface area contributed by atoms with Gasteiger partial charge in [0.2, 0.25) is 0 Å². The topological polar surface area (TPSA) is 25.8 Å². The molecule has 57 heavy (non-hydrogen) atoms. The number of benzene rings is 9. The van der Waals surface area contributed by atoms with Crippen LogP contribution >= 0.6 is 0 Å². The van der Waals surface area contributed by atoms with Gasteiger partial charge in [0.15, 0.2) is 5.82 Å². The van der Waals surface area contributed by atoms with Gasteiger partial charge in [0, 0.05) is 22.1 Å². The summed E-state index contributed by atoms with van der Waals surface area (Å²) < 4.78 is 0. The van der Waals surface area contributed by atoms with Gasteiger partial charge in [-0.05, 0) is 107 Å². The highest BCUT2D eigenvalue weighted by Crippen LogP contribution is 2.51. The number of aromatic nitrogens is 2. The van der Waals surface area contributed by atoms with Gasteiger partial charge in [0.25, 0.3) is 0 Å². The van der Waals surface area contributed by atoms with Crippen molar-refractivity contribution in [2.75, 3.05) is 0 Å². The molecule has 0 bridgehead atoms. The Labute approximate surface area is 332 Å². The quantitative estimate of drug-likeness (QED) is 0.176. The molecule has 0 saturated carbocycles. The molecule has 0 spiro atoms. The zero-order chi connectivity index (χ0) is 38.1. The van der Waals surface area contributed by atoms with Crippen LogP contribution in [-0.4, -0.2) is 9.97 Å². The zero-order valence-corrected chi connectivity index (χ0v) is 31.9. The van der Waals surface area contributed by atoms with Gasteiger partial charge in [-0.2, -0.15) is 0 Å². The number of hydrogen-bond acceptors (Lipinski definition) is 2. The minimum absolute atomic E-state index is 0.115. The van der Waals surface area contributed by atoms with Crippen LogP contribution in [0.3, 0.4) is 0 Å². The van der Waals surface area contributed by atoms with E-state index in [4.69, 9.17) is 9.97 Å². The maximum Gasteiger partial charge on any atom is 0.161 e. The lowest BCUT2D eigenvalue weighted by molar-refractivity contribution is 0.661. The van der Waals surface area contributed by atoms with Gasteiger partial charge in [0.1, 0.15) is 0 Å². The van der Waals surface area contributed by atoms with Gasteiger partial charge in [-0.1, -0.05) is 178 Å². The van der Waals surface area contributed by atoms with E-state index in [9.17, 15) is 0 Å². The van der Waals surface area contributed by atoms with Gasteiger partial charge in [0.05, 0.1) is 11.4 Å². The van der Waals surface area contributed by atoms with Crippen LogP contribution in [0, 0.1) is 0 Å². The van der Waals surface area contributed by atoms with Crippen molar-refractivity contribution in [2.45, 2.75) is 19.3 Å². The lowest BCUT2D eigenvalue weighted by atomic mass is 9.81. The Bertz CT molecular complexity index is 3190. The molecule has 0 amide bonds. The SMILES string of the molecule is CC1(C)c2cc(-c3ccc(-c4nc(-c5ccccc5)cc(-c5ccc(-c6cccc7ccccc67)cc5)n4)c4ccccc34)ccc2-c2cc3ccccc3cc21. The second kappa shape index (κ2) is 13.0. The Kier molecular flexibility index (Phi) is 7.55. The first kappa shape index (κ1) is 33.2. The third kappa shape index (κ3) is 5.48. The molecule has 9 aromatic carbocycles. The molecule has 0 aliphatic heterocycles. The lowest BCUT2D eigenvalue weighted by Gasteiger charge is -2.22. The third-order valence-corrected chi connectivity index (χ3v) is 12.1. The fourth-order valence-electron chi connectivity index (χ4n) is 9.10. The molecule has 10 aromatic rings. The van der Waals surface area contributed by atoms with Crippen molar-refractivity contribution in [2.24, 2.45) is 0 Å². The molecular weight excluding hydrogens is 689 g/mol. The van der Waals surface area contributed by atoms with Crippen molar-refractivity contribution < 1.29 is 0 Å². The highest BCUT2D eigenvalue weighted by Gasteiger charge is 2.36. The van der Waals surface area contributed by atoms with Gasteiger partial charge < -0.3 is 0 Å². The molecule has 2 heteroatoms. The molecule has 1 aromatic heterocycles. The molecule has 268 valence electrons. The van der Waals surface area contributed by atoms with Crippen molar-refractivity contribution >= 4 is 32.3 Å². The van der Waals surface area contributed by atoms with Crippen LogP contribution < -0.4 is 0 Å². The predicted octanol–water partition coefficient (Wildman–Crippen LogP) is 14.6. The van der Waals surface area contributed by atoms with E-state index in [2.05, 4.69) is 202 Å². The molecule has 0 radical (unpaired) electrons. The summed E-state index contributed by atoms with van der Waals surface area (Å²) in [7, 11) is 0. The summed E-state index contributed by atoms with van der Waals surface area (Å²) >= 11 is 0. The first-order valence-corrected chi connectivity index (χ1v) is 19.7. The van der Waals surface area contributed by atoms with E-state index >= 15 is 0 Å². The van der Waals surface area contributed by atoms with E-state index in [1.165, 1.54) is 71.4 Å². The van der Waals surface area contributed by atoms with Gasteiger partial charge >= 0.3 is 0 Å². The second-order valence-electron chi connectivity index (χ2n) is 15.8.